The van der Waals surface area contributed by atoms with Crippen LogP contribution in [0.2, 0.25) is 0 Å². The van der Waals surface area contributed by atoms with Crippen LogP contribution in [0.3, 0.4) is 0 Å². The fourth-order valence-electron chi connectivity index (χ4n) is 3.93. The lowest BCUT2D eigenvalue weighted by Gasteiger charge is -2.11. The molecule has 5 aromatic rings. The van der Waals surface area contributed by atoms with Crippen LogP contribution in [0.1, 0.15) is 6.92 Å². The Morgan fingerprint density at radius 1 is 1.00 bits per heavy atom. The monoisotopic (exact) mass is 433 g/mol. The van der Waals surface area contributed by atoms with Crippen LogP contribution >= 0.6 is 0 Å². The number of hydrogen-bond donors (Lipinski definition) is 0. The van der Waals surface area contributed by atoms with Crippen LogP contribution in [-0.2, 0) is 14.1 Å². The lowest BCUT2D eigenvalue weighted by molar-refractivity contribution is 0.340. The first-order chi connectivity index (χ1) is 15.4. The van der Waals surface area contributed by atoms with Gasteiger partial charge in [0.2, 0.25) is 5.78 Å². The standard InChI is InChI=1S/C23H20FN5O3/c1-4-32-15-11-9-14(10-12-15)18-13-28-19-20(26(2)23(31)27(3)21(19)30)25-22(28)29(18)17-8-6-5-7-16(17)24/h5-13H,4H2,1-3H3. The Bertz CT molecular complexity index is 1610. The molecule has 9 heteroatoms. The molecule has 3 heterocycles. The zero-order valence-electron chi connectivity index (χ0n) is 17.7. The van der Waals surface area contributed by atoms with Crippen molar-refractivity contribution >= 4 is 16.9 Å². The van der Waals surface area contributed by atoms with Gasteiger partial charge in [-0.25, -0.2) is 9.18 Å². The van der Waals surface area contributed by atoms with Crippen LogP contribution in [-0.4, -0.2) is 29.7 Å². The summed E-state index contributed by atoms with van der Waals surface area (Å²) in [6, 6.07) is 13.8. The molecule has 0 aliphatic rings. The predicted molar refractivity (Wildman–Crippen MR) is 119 cm³/mol. The van der Waals surface area contributed by atoms with Gasteiger partial charge in [0.1, 0.15) is 11.6 Å². The molecule has 3 aromatic heterocycles. The lowest BCUT2D eigenvalue weighted by atomic mass is 10.1. The van der Waals surface area contributed by atoms with E-state index in [9.17, 15) is 14.0 Å². The van der Waals surface area contributed by atoms with Crippen molar-refractivity contribution in [2.24, 2.45) is 14.1 Å². The highest BCUT2D eigenvalue weighted by molar-refractivity contribution is 5.79. The van der Waals surface area contributed by atoms with Crippen molar-refractivity contribution in [1.82, 2.24) is 23.1 Å². The Balaban J connectivity index is 1.90. The van der Waals surface area contributed by atoms with Crippen LogP contribution in [0, 0.1) is 5.82 Å². The zero-order chi connectivity index (χ0) is 22.6. The molecule has 0 aliphatic carbocycles. The summed E-state index contributed by atoms with van der Waals surface area (Å²) in [7, 11) is 2.97. The van der Waals surface area contributed by atoms with Crippen molar-refractivity contribution in [3.8, 4) is 22.7 Å². The molecule has 0 saturated carbocycles. The number of benzene rings is 2. The van der Waals surface area contributed by atoms with Gasteiger partial charge < -0.3 is 4.74 Å². The van der Waals surface area contributed by atoms with E-state index >= 15 is 0 Å². The Labute approximate surface area is 181 Å². The van der Waals surface area contributed by atoms with Crippen molar-refractivity contribution < 1.29 is 9.13 Å². The number of hydrogen-bond acceptors (Lipinski definition) is 4. The number of imidazole rings is 2. The molecule has 0 bridgehead atoms. The van der Waals surface area contributed by atoms with E-state index in [0.29, 0.717) is 18.1 Å². The van der Waals surface area contributed by atoms with Gasteiger partial charge in [0.15, 0.2) is 11.2 Å². The summed E-state index contributed by atoms with van der Waals surface area (Å²) in [6.45, 7) is 2.46. The summed E-state index contributed by atoms with van der Waals surface area (Å²) in [5.74, 6) is 0.610. The average Bonchev–Trinajstić information content (AvgIpc) is 3.34. The minimum absolute atomic E-state index is 0.233. The Kier molecular flexibility index (Phi) is 4.47. The second-order valence-electron chi connectivity index (χ2n) is 7.42. The van der Waals surface area contributed by atoms with Gasteiger partial charge in [-0.15, -0.1) is 0 Å². The molecule has 0 spiro atoms. The summed E-state index contributed by atoms with van der Waals surface area (Å²) >= 11 is 0. The van der Waals surface area contributed by atoms with E-state index in [-0.39, 0.29) is 16.9 Å². The number of ether oxygens (including phenoxy) is 1. The van der Waals surface area contributed by atoms with E-state index < -0.39 is 17.1 Å². The normalized spacial score (nSPS) is 11.5. The Hall–Kier alpha value is -4.14. The van der Waals surface area contributed by atoms with Crippen LogP contribution in [0.25, 0.3) is 33.9 Å². The number of rotatable bonds is 4. The minimum atomic E-state index is -0.479. The van der Waals surface area contributed by atoms with Gasteiger partial charge in [-0.3, -0.25) is 22.9 Å². The highest BCUT2D eigenvalue weighted by Crippen LogP contribution is 2.30. The topological polar surface area (TPSA) is 75.5 Å². The molecule has 0 N–H and O–H groups in total. The third-order valence-corrected chi connectivity index (χ3v) is 5.52. The number of nitrogens with zero attached hydrogens (tertiary/aromatic N) is 5. The molecule has 0 saturated heterocycles. The molecular weight excluding hydrogens is 413 g/mol. The number of fused-ring (bicyclic) bond motifs is 3. The summed E-state index contributed by atoms with van der Waals surface area (Å²) in [5.41, 5.74) is 1.23. The first kappa shape index (κ1) is 19.8. The maximum Gasteiger partial charge on any atom is 0.332 e. The van der Waals surface area contributed by atoms with Crippen LogP contribution < -0.4 is 16.0 Å². The molecular formula is C23H20FN5O3. The van der Waals surface area contributed by atoms with Crippen LogP contribution in [0.4, 0.5) is 4.39 Å². The minimum Gasteiger partial charge on any atom is -0.494 e. The third kappa shape index (κ3) is 2.78. The van der Waals surface area contributed by atoms with E-state index in [1.165, 1.54) is 17.7 Å². The second-order valence-corrected chi connectivity index (χ2v) is 7.42. The SMILES string of the molecule is CCOc1ccc(-c2cn3c4c(=O)n(C)c(=O)n(C)c4nc3n2-c2ccccc2F)cc1. The number of aromatic nitrogens is 5. The lowest BCUT2D eigenvalue weighted by Crippen LogP contribution is -2.37. The highest BCUT2D eigenvalue weighted by Gasteiger charge is 2.22. The predicted octanol–water partition coefficient (Wildman–Crippen LogP) is 2.88. The fraction of sp³-hybridized carbons (Fsp3) is 0.174. The zero-order valence-corrected chi connectivity index (χ0v) is 17.7. The molecule has 32 heavy (non-hydrogen) atoms. The average molecular weight is 433 g/mol. The molecule has 5 rings (SSSR count). The second kappa shape index (κ2) is 7.23. The van der Waals surface area contributed by atoms with E-state index in [1.54, 1.807) is 40.4 Å². The van der Waals surface area contributed by atoms with Gasteiger partial charge in [0.25, 0.3) is 5.56 Å². The number of aryl methyl sites for hydroxylation is 1. The molecule has 0 unspecified atom stereocenters. The van der Waals surface area contributed by atoms with Crippen LogP contribution in [0.5, 0.6) is 5.75 Å². The molecule has 2 aromatic carbocycles. The van der Waals surface area contributed by atoms with Crippen molar-refractivity contribution in [3.63, 3.8) is 0 Å². The molecule has 162 valence electrons. The van der Waals surface area contributed by atoms with Crippen molar-refractivity contribution in [2.75, 3.05) is 6.61 Å². The molecule has 0 aliphatic heterocycles. The smallest absolute Gasteiger partial charge is 0.332 e. The summed E-state index contributed by atoms with van der Waals surface area (Å²) in [4.78, 5) is 29.9. The maximum absolute atomic E-state index is 14.9. The summed E-state index contributed by atoms with van der Waals surface area (Å²) < 4.78 is 26.0. The van der Waals surface area contributed by atoms with Gasteiger partial charge in [-0.1, -0.05) is 12.1 Å². The molecule has 0 radical (unpaired) electrons. The first-order valence-electron chi connectivity index (χ1n) is 10.1. The van der Waals surface area contributed by atoms with E-state index in [1.807, 2.05) is 31.2 Å². The van der Waals surface area contributed by atoms with Crippen molar-refractivity contribution in [2.45, 2.75) is 6.92 Å². The van der Waals surface area contributed by atoms with E-state index in [4.69, 9.17) is 4.74 Å². The maximum atomic E-state index is 14.9. The van der Waals surface area contributed by atoms with E-state index in [2.05, 4.69) is 4.98 Å². The fourth-order valence-corrected chi connectivity index (χ4v) is 3.93. The third-order valence-electron chi connectivity index (χ3n) is 5.52. The Morgan fingerprint density at radius 3 is 2.41 bits per heavy atom. The Morgan fingerprint density at radius 2 is 1.72 bits per heavy atom. The highest BCUT2D eigenvalue weighted by atomic mass is 19.1. The van der Waals surface area contributed by atoms with Crippen molar-refractivity contribution in [3.05, 3.63) is 81.4 Å². The molecule has 0 amide bonds. The molecule has 0 fully saturated rings. The van der Waals surface area contributed by atoms with E-state index in [0.717, 1.165) is 15.9 Å². The van der Waals surface area contributed by atoms with Gasteiger partial charge in [0, 0.05) is 25.9 Å². The number of para-hydroxylation sites is 1. The van der Waals surface area contributed by atoms with Gasteiger partial charge in [-0.05, 0) is 43.3 Å². The molecule has 8 nitrogen and oxygen atoms in total. The summed E-state index contributed by atoms with van der Waals surface area (Å²) in [6.07, 6.45) is 1.73. The first-order valence-corrected chi connectivity index (χ1v) is 10.1. The van der Waals surface area contributed by atoms with Gasteiger partial charge in [0.05, 0.1) is 18.0 Å². The summed E-state index contributed by atoms with van der Waals surface area (Å²) in [5, 5.41) is 0. The largest absolute Gasteiger partial charge is 0.494 e. The van der Waals surface area contributed by atoms with Gasteiger partial charge in [-0.2, -0.15) is 4.98 Å². The van der Waals surface area contributed by atoms with Gasteiger partial charge >= 0.3 is 5.69 Å². The quantitative estimate of drug-likeness (QED) is 0.437. The van der Waals surface area contributed by atoms with Crippen molar-refractivity contribution in [1.29, 1.82) is 0 Å². The molecule has 0 atom stereocenters. The number of halogens is 1. The van der Waals surface area contributed by atoms with Crippen LogP contribution in [0.15, 0.2) is 64.3 Å².